The van der Waals surface area contributed by atoms with Crippen molar-refractivity contribution < 1.29 is 24.9 Å². The van der Waals surface area contributed by atoms with Crippen LogP contribution in [0, 0.1) is 0 Å². The minimum atomic E-state index is -1.27. The lowest BCUT2D eigenvalue weighted by Gasteiger charge is -2.38. The number of carbonyl (C=O) groups excluding carboxylic acids is 1. The molecular weight excluding hydrogens is 210 g/mol. The highest BCUT2D eigenvalue weighted by Crippen LogP contribution is 2.24. The molecule has 0 aliphatic carbocycles. The third-order valence-corrected chi connectivity index (χ3v) is 2.75. The number of rotatable bonds is 2. The zero-order valence-electron chi connectivity index (χ0n) is 7.28. The summed E-state index contributed by atoms with van der Waals surface area (Å²) in [4.78, 5) is 10.9. The minimum Gasteiger partial charge on any atom is -0.394 e. The van der Waals surface area contributed by atoms with Crippen molar-refractivity contribution in [2.24, 2.45) is 5.73 Å². The van der Waals surface area contributed by atoms with E-state index in [2.05, 4.69) is 12.6 Å². The van der Waals surface area contributed by atoms with E-state index >= 15 is 0 Å². The van der Waals surface area contributed by atoms with Crippen LogP contribution >= 0.6 is 12.6 Å². The minimum absolute atomic E-state index is 0.498. The van der Waals surface area contributed by atoms with Gasteiger partial charge in [-0.1, -0.05) is 0 Å². The number of thiol groups is 1. The molecule has 0 saturated carbocycles. The Labute approximate surface area is 86.1 Å². The maximum absolute atomic E-state index is 10.9. The summed E-state index contributed by atoms with van der Waals surface area (Å²) in [5, 5.41) is 26.7. The van der Waals surface area contributed by atoms with Crippen molar-refractivity contribution in [3.05, 3.63) is 0 Å². The Hall–Kier alpha value is -0.340. The van der Waals surface area contributed by atoms with Gasteiger partial charge in [0, 0.05) is 0 Å². The van der Waals surface area contributed by atoms with Crippen molar-refractivity contribution >= 4 is 18.5 Å². The summed E-state index contributed by atoms with van der Waals surface area (Å²) in [6, 6.07) is 0. The van der Waals surface area contributed by atoms with E-state index in [-0.39, 0.29) is 0 Å². The fraction of sp³-hybridized carbons (Fsp3) is 0.857. The van der Waals surface area contributed by atoms with Gasteiger partial charge in [0.25, 0.3) is 0 Å². The van der Waals surface area contributed by atoms with Gasteiger partial charge in [-0.2, -0.15) is 12.6 Å². The lowest BCUT2D eigenvalue weighted by Crippen LogP contribution is -2.59. The van der Waals surface area contributed by atoms with E-state index in [1.54, 1.807) is 0 Å². The first kappa shape index (κ1) is 11.7. The summed E-state index contributed by atoms with van der Waals surface area (Å²) in [7, 11) is 0. The normalized spacial score (nSPS) is 43.6. The first-order chi connectivity index (χ1) is 6.49. The molecule has 0 radical (unpaired) electrons. The van der Waals surface area contributed by atoms with E-state index in [0.29, 0.717) is 0 Å². The molecule has 82 valence electrons. The van der Waals surface area contributed by atoms with Gasteiger partial charge in [-0.05, 0) is 0 Å². The van der Waals surface area contributed by atoms with Crippen LogP contribution < -0.4 is 5.73 Å². The van der Waals surface area contributed by atoms with Crippen LogP contribution in [0.15, 0.2) is 0 Å². The summed E-state index contributed by atoms with van der Waals surface area (Å²) in [5.74, 6) is -0.783. The largest absolute Gasteiger partial charge is 0.394 e. The van der Waals surface area contributed by atoms with E-state index in [4.69, 9.17) is 15.6 Å². The van der Waals surface area contributed by atoms with Gasteiger partial charge in [-0.25, -0.2) is 0 Å². The average Bonchev–Trinajstić information content (AvgIpc) is 2.14. The van der Waals surface area contributed by atoms with Crippen LogP contribution in [-0.2, 0) is 9.53 Å². The van der Waals surface area contributed by atoms with E-state index < -0.39 is 42.2 Å². The summed E-state index contributed by atoms with van der Waals surface area (Å²) in [6.07, 6.45) is -4.63. The molecule has 5 N–H and O–H groups in total. The molecule has 1 saturated heterocycles. The third kappa shape index (κ3) is 2.01. The number of aliphatic hydroxyl groups excluding tert-OH is 3. The molecule has 1 fully saturated rings. The maximum Gasteiger partial charge on any atom is 0.247 e. The van der Waals surface area contributed by atoms with Gasteiger partial charge in [0.1, 0.15) is 12.2 Å². The highest BCUT2D eigenvalue weighted by atomic mass is 32.1. The molecule has 1 heterocycles. The van der Waals surface area contributed by atoms with E-state index in [9.17, 15) is 15.0 Å². The highest BCUT2D eigenvalue weighted by Gasteiger charge is 2.44. The molecule has 0 aromatic carbocycles. The van der Waals surface area contributed by atoms with Gasteiger partial charge in [0.15, 0.2) is 6.10 Å². The number of amides is 1. The molecule has 1 rings (SSSR count). The molecule has 14 heavy (non-hydrogen) atoms. The third-order valence-electron chi connectivity index (χ3n) is 2.17. The molecule has 0 spiro atoms. The highest BCUT2D eigenvalue weighted by molar-refractivity contribution is 7.81. The Morgan fingerprint density at radius 1 is 1.43 bits per heavy atom. The monoisotopic (exact) mass is 223 g/mol. The number of carbonyl (C=O) groups is 1. The molecule has 7 heteroatoms. The van der Waals surface area contributed by atoms with Gasteiger partial charge in [0.2, 0.25) is 5.91 Å². The van der Waals surface area contributed by atoms with Crippen molar-refractivity contribution in [1.82, 2.24) is 0 Å². The Balaban J connectivity index is 2.78. The van der Waals surface area contributed by atoms with Crippen molar-refractivity contribution in [2.75, 3.05) is 6.61 Å². The fourth-order valence-electron chi connectivity index (χ4n) is 1.34. The lowest BCUT2D eigenvalue weighted by atomic mass is 9.97. The van der Waals surface area contributed by atoms with Crippen LogP contribution in [0.4, 0.5) is 0 Å². The number of primary amides is 1. The second-order valence-corrected chi connectivity index (χ2v) is 3.75. The van der Waals surface area contributed by atoms with Crippen LogP contribution in [0.3, 0.4) is 0 Å². The summed E-state index contributed by atoms with van der Waals surface area (Å²) >= 11 is 3.91. The number of nitrogens with two attached hydrogens (primary N) is 1. The standard InChI is InChI=1S/C7H13NO5S/c8-7(12)5-6(14)4(11)3(10)2(1-9)13-5/h2-6,9-11,14H,1H2,(H2,8,12)/t2-,3+,4+,5-,6+/m1/s1. The molecule has 1 aliphatic rings. The second kappa shape index (κ2) is 4.45. The zero-order valence-corrected chi connectivity index (χ0v) is 8.17. The zero-order chi connectivity index (χ0) is 10.9. The Kier molecular flexibility index (Phi) is 3.73. The lowest BCUT2D eigenvalue weighted by molar-refractivity contribution is -0.181. The summed E-state index contributed by atoms with van der Waals surface area (Å²) in [5.41, 5.74) is 4.99. The van der Waals surface area contributed by atoms with Crippen molar-refractivity contribution in [3.63, 3.8) is 0 Å². The molecule has 1 amide bonds. The van der Waals surface area contributed by atoms with Crippen LogP contribution in [0.5, 0.6) is 0 Å². The number of hydrogen-bond donors (Lipinski definition) is 5. The molecule has 0 aromatic heterocycles. The van der Waals surface area contributed by atoms with Gasteiger partial charge >= 0.3 is 0 Å². The van der Waals surface area contributed by atoms with Crippen LogP contribution in [0.1, 0.15) is 0 Å². The fourth-order valence-corrected chi connectivity index (χ4v) is 1.73. The Morgan fingerprint density at radius 3 is 2.43 bits per heavy atom. The quantitative estimate of drug-likeness (QED) is 0.326. The molecular formula is C7H13NO5S. The predicted molar refractivity (Wildman–Crippen MR) is 49.7 cm³/mol. The van der Waals surface area contributed by atoms with Crippen molar-refractivity contribution in [3.8, 4) is 0 Å². The van der Waals surface area contributed by atoms with Gasteiger partial charge in [-0.3, -0.25) is 4.79 Å². The predicted octanol–water partition coefficient (Wildman–Crippen LogP) is -2.75. The number of hydrogen-bond acceptors (Lipinski definition) is 6. The second-order valence-electron chi connectivity index (χ2n) is 3.15. The maximum atomic E-state index is 10.9. The van der Waals surface area contributed by atoms with E-state index in [0.717, 1.165) is 0 Å². The molecule has 0 aromatic rings. The van der Waals surface area contributed by atoms with E-state index in [1.807, 2.05) is 0 Å². The molecule has 6 nitrogen and oxygen atoms in total. The molecule has 0 unspecified atom stereocenters. The first-order valence-electron chi connectivity index (χ1n) is 4.09. The summed E-state index contributed by atoms with van der Waals surface area (Å²) in [6.45, 7) is -0.498. The topological polar surface area (TPSA) is 113 Å². The van der Waals surface area contributed by atoms with Crippen LogP contribution in [-0.4, -0.2) is 57.5 Å². The molecule has 5 atom stereocenters. The SMILES string of the molecule is NC(=O)[C@@H]1O[C@H](CO)[C@H](O)[C@H](O)[C@@H]1S. The average molecular weight is 223 g/mol. The van der Waals surface area contributed by atoms with Crippen molar-refractivity contribution in [1.29, 1.82) is 0 Å². The van der Waals surface area contributed by atoms with Crippen molar-refractivity contribution in [2.45, 2.75) is 29.7 Å². The first-order valence-corrected chi connectivity index (χ1v) is 4.60. The number of ether oxygens (including phenoxy) is 1. The molecule has 0 bridgehead atoms. The van der Waals surface area contributed by atoms with Gasteiger partial charge in [0.05, 0.1) is 18.0 Å². The Morgan fingerprint density at radius 2 is 2.00 bits per heavy atom. The molecule has 1 aliphatic heterocycles. The van der Waals surface area contributed by atoms with Crippen LogP contribution in [0.25, 0.3) is 0 Å². The van der Waals surface area contributed by atoms with Gasteiger partial charge < -0.3 is 25.8 Å². The Bertz CT molecular complexity index is 224. The van der Waals surface area contributed by atoms with E-state index in [1.165, 1.54) is 0 Å². The van der Waals surface area contributed by atoms with Crippen LogP contribution in [0.2, 0.25) is 0 Å². The van der Waals surface area contributed by atoms with Gasteiger partial charge in [-0.15, -0.1) is 0 Å². The smallest absolute Gasteiger partial charge is 0.247 e. The number of aliphatic hydroxyl groups is 3. The summed E-state index contributed by atoms with van der Waals surface area (Å²) < 4.78 is 4.98.